The van der Waals surface area contributed by atoms with Gasteiger partial charge in [-0.05, 0) is 37.1 Å². The Labute approximate surface area is 307 Å². The van der Waals surface area contributed by atoms with Crippen LogP contribution < -0.4 is 15.4 Å². The molecule has 270 valence electrons. The number of rotatable bonds is 11. The second kappa shape index (κ2) is 16.1. The van der Waals surface area contributed by atoms with Crippen LogP contribution in [0.15, 0.2) is 42.6 Å². The van der Waals surface area contributed by atoms with Crippen molar-refractivity contribution in [2.24, 2.45) is 7.05 Å². The molecule has 2 aliphatic rings. The van der Waals surface area contributed by atoms with Gasteiger partial charge in [0.1, 0.15) is 11.6 Å². The fourth-order valence-corrected chi connectivity index (χ4v) is 7.56. The van der Waals surface area contributed by atoms with Gasteiger partial charge in [-0.1, -0.05) is 35.3 Å². The summed E-state index contributed by atoms with van der Waals surface area (Å²) in [5, 5.41) is 6.64. The van der Waals surface area contributed by atoms with Crippen molar-refractivity contribution >= 4 is 40.7 Å². The Morgan fingerprint density at radius 3 is 2.55 bits per heavy atom. The van der Waals surface area contributed by atoms with Crippen molar-refractivity contribution in [3.8, 4) is 28.1 Å². The Kier molecular flexibility index (Phi) is 11.6. The molecule has 0 atom stereocenters. The molecule has 0 aliphatic carbocycles. The minimum atomic E-state index is -0.459. The molecule has 2 aliphatic heterocycles. The fourth-order valence-electron chi connectivity index (χ4n) is 6.97. The van der Waals surface area contributed by atoms with Crippen molar-refractivity contribution in [2.45, 2.75) is 45.3 Å². The lowest BCUT2D eigenvalue weighted by Gasteiger charge is -2.39. The maximum Gasteiger partial charge on any atom is 0.291 e. The average molecular weight is 739 g/mol. The predicted octanol–water partition coefficient (Wildman–Crippen LogP) is 5.96. The van der Waals surface area contributed by atoms with E-state index in [2.05, 4.69) is 20.5 Å². The molecule has 11 nitrogen and oxygen atoms in total. The molecule has 6 rings (SSSR count). The van der Waals surface area contributed by atoms with E-state index in [-0.39, 0.29) is 28.4 Å². The van der Waals surface area contributed by atoms with E-state index in [1.165, 1.54) is 13.2 Å². The maximum atomic E-state index is 15.4. The lowest BCUT2D eigenvalue weighted by molar-refractivity contribution is -0.130. The van der Waals surface area contributed by atoms with Crippen LogP contribution in [0.2, 0.25) is 10.0 Å². The standard InChI is InChI=1S/C37H42Cl2FN7O4/c1-22(48)46-14-9-24(10-15-46)47-16-11-31-30(21-47)43-36(45(31)2)37(49)44-29-7-5-6-25(33(29)38)26-8-12-42-35(34(26)39)23-18-28(40)27(32(19-23)51-4)20-41-13-17-50-3/h5-8,12,18-19,24,41H,9-11,13-17,20-21H2,1-4H3,(H,44,49). The number of methoxy groups -OCH3 is 2. The number of imidazole rings is 1. The lowest BCUT2D eigenvalue weighted by atomic mass is 10.00. The van der Waals surface area contributed by atoms with E-state index in [4.69, 9.17) is 37.7 Å². The number of likely N-dealkylation sites (tertiary alicyclic amines) is 1. The molecule has 0 spiro atoms. The number of aromatic nitrogens is 3. The van der Waals surface area contributed by atoms with Crippen molar-refractivity contribution in [2.75, 3.05) is 52.3 Å². The van der Waals surface area contributed by atoms with Crippen molar-refractivity contribution in [1.82, 2.24) is 29.7 Å². The molecule has 1 saturated heterocycles. The number of hydrogen-bond donors (Lipinski definition) is 2. The van der Waals surface area contributed by atoms with Crippen molar-refractivity contribution in [3.63, 3.8) is 0 Å². The first kappa shape index (κ1) is 36.7. The number of fused-ring (bicyclic) bond motifs is 1. The lowest BCUT2D eigenvalue weighted by Crippen LogP contribution is -2.47. The molecule has 2 aromatic carbocycles. The van der Waals surface area contributed by atoms with Gasteiger partial charge in [0, 0.05) is 107 Å². The summed E-state index contributed by atoms with van der Waals surface area (Å²) in [4.78, 5) is 39.0. The highest BCUT2D eigenvalue weighted by Gasteiger charge is 2.31. The SMILES string of the molecule is COCCNCc1c(F)cc(-c2nccc(-c3cccc(NC(=O)c4nc5c(n4C)CCN(C4CCN(C(C)=O)CC4)C5)c3Cl)c2Cl)cc1OC. The number of benzene rings is 2. The van der Waals surface area contributed by atoms with Gasteiger partial charge in [-0.25, -0.2) is 9.37 Å². The number of nitrogens with zero attached hydrogens (tertiary/aromatic N) is 5. The van der Waals surface area contributed by atoms with Crippen LogP contribution in [-0.4, -0.2) is 89.2 Å². The number of anilines is 1. The summed E-state index contributed by atoms with van der Waals surface area (Å²) >= 11 is 13.9. The summed E-state index contributed by atoms with van der Waals surface area (Å²) in [5.74, 6) is -0.0604. The zero-order chi connectivity index (χ0) is 36.2. The largest absolute Gasteiger partial charge is 0.496 e. The molecule has 1 fully saturated rings. The number of carbonyl (C=O) groups is 2. The second-order valence-corrected chi connectivity index (χ2v) is 13.6. The third kappa shape index (κ3) is 7.75. The number of amides is 2. The fraction of sp³-hybridized carbons (Fsp3) is 0.405. The smallest absolute Gasteiger partial charge is 0.291 e. The van der Waals surface area contributed by atoms with E-state index in [1.54, 1.807) is 50.6 Å². The molecule has 0 unspecified atom stereocenters. The molecule has 4 heterocycles. The monoisotopic (exact) mass is 737 g/mol. The summed E-state index contributed by atoms with van der Waals surface area (Å²) in [6.07, 6.45) is 4.22. The van der Waals surface area contributed by atoms with E-state index in [9.17, 15) is 9.59 Å². The Balaban J connectivity index is 1.20. The molecule has 2 amide bonds. The van der Waals surface area contributed by atoms with Gasteiger partial charge in [-0.3, -0.25) is 19.5 Å². The maximum absolute atomic E-state index is 15.4. The van der Waals surface area contributed by atoms with Gasteiger partial charge in [-0.15, -0.1) is 0 Å². The minimum Gasteiger partial charge on any atom is -0.496 e. The molecular weight excluding hydrogens is 696 g/mol. The van der Waals surface area contributed by atoms with Gasteiger partial charge in [0.2, 0.25) is 5.91 Å². The van der Waals surface area contributed by atoms with Crippen LogP contribution in [0.5, 0.6) is 5.75 Å². The van der Waals surface area contributed by atoms with E-state index in [0.717, 1.165) is 50.3 Å². The molecule has 51 heavy (non-hydrogen) atoms. The number of piperidine rings is 1. The van der Waals surface area contributed by atoms with Crippen molar-refractivity contribution in [1.29, 1.82) is 0 Å². The van der Waals surface area contributed by atoms with Gasteiger partial charge < -0.3 is 29.6 Å². The molecule has 4 aromatic rings. The van der Waals surface area contributed by atoms with E-state index < -0.39 is 5.82 Å². The highest BCUT2D eigenvalue weighted by Crippen LogP contribution is 2.41. The summed E-state index contributed by atoms with van der Waals surface area (Å²) < 4.78 is 27.8. The zero-order valence-electron chi connectivity index (χ0n) is 29.2. The van der Waals surface area contributed by atoms with Crippen LogP contribution in [0.3, 0.4) is 0 Å². The first-order chi connectivity index (χ1) is 24.6. The quantitative estimate of drug-likeness (QED) is 0.182. The number of nitrogens with one attached hydrogen (secondary N) is 2. The van der Waals surface area contributed by atoms with Crippen LogP contribution >= 0.6 is 23.2 Å². The first-order valence-corrected chi connectivity index (χ1v) is 17.7. The van der Waals surface area contributed by atoms with Gasteiger partial charge >= 0.3 is 0 Å². The van der Waals surface area contributed by atoms with Crippen LogP contribution in [-0.2, 0) is 36.1 Å². The predicted molar refractivity (Wildman–Crippen MR) is 196 cm³/mol. The molecule has 0 radical (unpaired) electrons. The Morgan fingerprint density at radius 1 is 1.06 bits per heavy atom. The molecule has 14 heteroatoms. The molecule has 0 saturated carbocycles. The highest BCUT2D eigenvalue weighted by atomic mass is 35.5. The van der Waals surface area contributed by atoms with Crippen molar-refractivity contribution in [3.05, 3.63) is 81.2 Å². The van der Waals surface area contributed by atoms with Gasteiger partial charge in [0.15, 0.2) is 5.82 Å². The van der Waals surface area contributed by atoms with E-state index in [1.807, 2.05) is 16.5 Å². The molecular formula is C37H42Cl2FN7O4. The Bertz CT molecular complexity index is 1930. The number of hydrogen-bond acceptors (Lipinski definition) is 8. The third-order valence-corrected chi connectivity index (χ3v) is 10.6. The van der Waals surface area contributed by atoms with Crippen LogP contribution in [0.25, 0.3) is 22.4 Å². The van der Waals surface area contributed by atoms with Gasteiger partial charge in [-0.2, -0.15) is 0 Å². The average Bonchev–Trinajstić information content (AvgIpc) is 3.47. The number of ether oxygens (including phenoxy) is 2. The summed E-state index contributed by atoms with van der Waals surface area (Å²) in [5.41, 5.74) is 4.64. The van der Waals surface area contributed by atoms with Crippen LogP contribution in [0.1, 0.15) is 47.3 Å². The highest BCUT2D eigenvalue weighted by molar-refractivity contribution is 6.39. The summed E-state index contributed by atoms with van der Waals surface area (Å²) in [7, 11) is 4.95. The van der Waals surface area contributed by atoms with Crippen molar-refractivity contribution < 1.29 is 23.5 Å². The number of halogens is 3. The van der Waals surface area contributed by atoms with E-state index >= 15 is 4.39 Å². The second-order valence-electron chi connectivity index (χ2n) is 12.8. The third-order valence-electron chi connectivity index (χ3n) is 9.77. The van der Waals surface area contributed by atoms with Gasteiger partial charge in [0.25, 0.3) is 5.91 Å². The van der Waals surface area contributed by atoms with Gasteiger partial charge in [0.05, 0.1) is 40.8 Å². The topological polar surface area (TPSA) is 114 Å². The Morgan fingerprint density at radius 2 is 1.82 bits per heavy atom. The van der Waals surface area contributed by atoms with Crippen LogP contribution in [0.4, 0.5) is 10.1 Å². The normalized spacial score (nSPS) is 15.2. The molecule has 2 aromatic heterocycles. The minimum absolute atomic E-state index is 0.121. The number of pyridine rings is 1. The Hall–Kier alpha value is -4.07. The zero-order valence-corrected chi connectivity index (χ0v) is 30.7. The summed E-state index contributed by atoms with van der Waals surface area (Å²) in [6.45, 7) is 5.99. The van der Waals surface area contributed by atoms with Crippen LogP contribution in [0, 0.1) is 5.82 Å². The summed E-state index contributed by atoms with van der Waals surface area (Å²) in [6, 6.07) is 10.5. The number of carbonyl (C=O) groups excluding carboxylic acids is 2. The molecule has 2 N–H and O–H groups in total. The molecule has 0 bridgehead atoms. The first-order valence-electron chi connectivity index (χ1n) is 17.0. The van der Waals surface area contributed by atoms with E-state index in [0.29, 0.717) is 70.9 Å².